The number of benzene rings is 1. The zero-order valence-corrected chi connectivity index (χ0v) is 12.3. The summed E-state index contributed by atoms with van der Waals surface area (Å²) in [5.41, 5.74) is 2.72. The maximum absolute atomic E-state index is 11.3. The van der Waals surface area contributed by atoms with Gasteiger partial charge in [0.15, 0.2) is 5.69 Å². The van der Waals surface area contributed by atoms with Crippen molar-refractivity contribution in [3.05, 3.63) is 47.3 Å². The van der Waals surface area contributed by atoms with Crippen molar-refractivity contribution in [2.24, 2.45) is 0 Å². The van der Waals surface area contributed by atoms with Gasteiger partial charge in [-0.05, 0) is 36.5 Å². The van der Waals surface area contributed by atoms with Crippen LogP contribution in [0.25, 0.3) is 5.69 Å². The van der Waals surface area contributed by atoms with Gasteiger partial charge in [0, 0.05) is 18.4 Å². The number of nitrogens with zero attached hydrogens (tertiary/aromatic N) is 2. The smallest absolute Gasteiger partial charge is 0.356 e. The fourth-order valence-electron chi connectivity index (χ4n) is 2.20. The highest BCUT2D eigenvalue weighted by Crippen LogP contribution is 2.19. The van der Waals surface area contributed by atoms with Gasteiger partial charge >= 0.3 is 5.97 Å². The number of carbonyl (C=O) groups is 1. The van der Waals surface area contributed by atoms with Crippen LogP contribution in [0.3, 0.4) is 0 Å². The van der Waals surface area contributed by atoms with Gasteiger partial charge in [-0.1, -0.05) is 26.0 Å². The van der Waals surface area contributed by atoms with E-state index in [2.05, 4.69) is 18.9 Å². The van der Waals surface area contributed by atoms with E-state index in [9.17, 15) is 9.90 Å². The summed E-state index contributed by atoms with van der Waals surface area (Å²) in [6, 6.07) is 7.90. The molecule has 0 aliphatic heterocycles. The summed E-state index contributed by atoms with van der Waals surface area (Å²) in [7, 11) is 0. The third kappa shape index (κ3) is 3.49. The lowest BCUT2D eigenvalue weighted by molar-refractivity contribution is 0.0688. The quantitative estimate of drug-likeness (QED) is 0.856. The minimum Gasteiger partial charge on any atom is -0.476 e. The average molecular weight is 288 g/mol. The van der Waals surface area contributed by atoms with Gasteiger partial charge in [0.1, 0.15) is 0 Å². The number of aliphatic hydroxyl groups excluding tert-OH is 1. The Kier molecular flexibility index (Phi) is 4.75. The van der Waals surface area contributed by atoms with Gasteiger partial charge in [0.05, 0.1) is 5.69 Å². The van der Waals surface area contributed by atoms with Crippen molar-refractivity contribution in [3.8, 4) is 5.69 Å². The molecule has 112 valence electrons. The van der Waals surface area contributed by atoms with Crippen LogP contribution in [0.1, 0.15) is 47.8 Å². The van der Waals surface area contributed by atoms with E-state index in [-0.39, 0.29) is 12.3 Å². The fraction of sp³-hybridized carbons (Fsp3) is 0.375. The van der Waals surface area contributed by atoms with Crippen LogP contribution in [0.15, 0.2) is 30.5 Å². The summed E-state index contributed by atoms with van der Waals surface area (Å²) in [4.78, 5) is 11.3. The van der Waals surface area contributed by atoms with Gasteiger partial charge in [0.2, 0.25) is 0 Å². The number of carboxylic acid groups (broad SMARTS) is 1. The summed E-state index contributed by atoms with van der Waals surface area (Å²) in [6.07, 6.45) is 2.76. The lowest BCUT2D eigenvalue weighted by Gasteiger charge is -2.07. The number of hydrogen-bond acceptors (Lipinski definition) is 3. The second kappa shape index (κ2) is 6.54. The van der Waals surface area contributed by atoms with E-state index in [4.69, 9.17) is 5.11 Å². The maximum atomic E-state index is 11.3. The van der Waals surface area contributed by atoms with Crippen molar-refractivity contribution in [3.63, 3.8) is 0 Å². The number of aliphatic hydroxyl groups is 1. The SMILES string of the molecule is CC(C)c1cccc(-n2cc(CCCO)c(C(=O)O)n2)c1. The van der Waals surface area contributed by atoms with Gasteiger partial charge in [-0.2, -0.15) is 5.10 Å². The zero-order valence-electron chi connectivity index (χ0n) is 12.3. The third-order valence-corrected chi connectivity index (χ3v) is 3.40. The molecule has 0 saturated carbocycles. The van der Waals surface area contributed by atoms with Gasteiger partial charge in [-0.15, -0.1) is 0 Å². The van der Waals surface area contributed by atoms with Gasteiger partial charge < -0.3 is 10.2 Å². The molecule has 0 saturated heterocycles. The second-order valence-electron chi connectivity index (χ2n) is 5.33. The van der Waals surface area contributed by atoms with Crippen molar-refractivity contribution >= 4 is 5.97 Å². The van der Waals surface area contributed by atoms with Crippen LogP contribution in [0.2, 0.25) is 0 Å². The molecule has 2 rings (SSSR count). The van der Waals surface area contributed by atoms with Crippen molar-refractivity contribution in [2.75, 3.05) is 6.61 Å². The van der Waals surface area contributed by atoms with E-state index in [0.29, 0.717) is 24.3 Å². The molecular weight excluding hydrogens is 268 g/mol. The van der Waals surface area contributed by atoms with Crippen molar-refractivity contribution in [1.82, 2.24) is 9.78 Å². The summed E-state index contributed by atoms with van der Waals surface area (Å²) < 4.78 is 1.60. The van der Waals surface area contributed by atoms with Crippen LogP contribution in [0.5, 0.6) is 0 Å². The summed E-state index contributed by atoms with van der Waals surface area (Å²) in [5.74, 6) is -0.644. The van der Waals surface area contributed by atoms with Crippen molar-refractivity contribution < 1.29 is 15.0 Å². The first-order chi connectivity index (χ1) is 10.0. The minimum absolute atomic E-state index is 0.0348. The topological polar surface area (TPSA) is 75.4 Å². The molecule has 0 bridgehead atoms. The van der Waals surface area contributed by atoms with E-state index < -0.39 is 5.97 Å². The number of aromatic nitrogens is 2. The molecule has 1 aromatic carbocycles. The second-order valence-corrected chi connectivity index (χ2v) is 5.33. The Hall–Kier alpha value is -2.14. The number of hydrogen-bond donors (Lipinski definition) is 2. The van der Waals surface area contributed by atoms with E-state index >= 15 is 0 Å². The summed E-state index contributed by atoms with van der Waals surface area (Å²) in [6.45, 7) is 4.25. The van der Waals surface area contributed by atoms with Crippen LogP contribution >= 0.6 is 0 Å². The first-order valence-electron chi connectivity index (χ1n) is 7.06. The Morgan fingerprint density at radius 1 is 1.38 bits per heavy atom. The molecule has 0 aliphatic carbocycles. The van der Waals surface area contributed by atoms with Crippen molar-refractivity contribution in [2.45, 2.75) is 32.6 Å². The molecule has 0 radical (unpaired) electrons. The number of aryl methyl sites for hydroxylation is 1. The lowest BCUT2D eigenvalue weighted by Crippen LogP contribution is -2.03. The van der Waals surface area contributed by atoms with Gasteiger partial charge in [-0.3, -0.25) is 0 Å². The summed E-state index contributed by atoms with van der Waals surface area (Å²) in [5, 5.41) is 22.3. The van der Waals surface area contributed by atoms with Crippen LogP contribution in [0, 0.1) is 0 Å². The molecule has 0 fully saturated rings. The minimum atomic E-state index is -1.04. The molecular formula is C16H20N2O3. The molecule has 2 aromatic rings. The summed E-state index contributed by atoms with van der Waals surface area (Å²) >= 11 is 0. The highest BCUT2D eigenvalue weighted by Gasteiger charge is 2.16. The predicted molar refractivity (Wildman–Crippen MR) is 80.0 cm³/mol. The molecule has 0 amide bonds. The molecule has 21 heavy (non-hydrogen) atoms. The van der Waals surface area contributed by atoms with Crippen LogP contribution in [0.4, 0.5) is 0 Å². The standard InChI is InChI=1S/C16H20N2O3/c1-11(2)12-5-3-7-14(9-12)18-10-13(6-4-8-19)15(17-18)16(20)21/h3,5,7,9-11,19H,4,6,8H2,1-2H3,(H,20,21). The normalized spacial score (nSPS) is 11.0. The fourth-order valence-corrected chi connectivity index (χ4v) is 2.20. The van der Waals surface area contributed by atoms with E-state index in [1.165, 1.54) is 5.56 Å². The average Bonchev–Trinajstić information content (AvgIpc) is 2.89. The van der Waals surface area contributed by atoms with Crippen LogP contribution < -0.4 is 0 Å². The maximum Gasteiger partial charge on any atom is 0.356 e. The Labute approximate surface area is 123 Å². The van der Waals surface area contributed by atoms with E-state index in [1.54, 1.807) is 10.9 Å². The van der Waals surface area contributed by atoms with E-state index in [0.717, 1.165) is 5.69 Å². The van der Waals surface area contributed by atoms with Crippen LogP contribution in [-0.2, 0) is 6.42 Å². The predicted octanol–water partition coefficient (Wildman–Crippen LogP) is 2.62. The highest BCUT2D eigenvalue weighted by atomic mass is 16.4. The van der Waals surface area contributed by atoms with Crippen LogP contribution in [-0.4, -0.2) is 32.6 Å². The first kappa shape index (κ1) is 15.3. The number of aromatic carboxylic acids is 1. The monoisotopic (exact) mass is 288 g/mol. The van der Waals surface area contributed by atoms with E-state index in [1.807, 2.05) is 24.3 Å². The molecule has 0 atom stereocenters. The Morgan fingerprint density at radius 2 is 2.14 bits per heavy atom. The molecule has 1 heterocycles. The zero-order chi connectivity index (χ0) is 15.4. The van der Waals surface area contributed by atoms with Crippen molar-refractivity contribution in [1.29, 1.82) is 0 Å². The molecule has 0 spiro atoms. The largest absolute Gasteiger partial charge is 0.476 e. The molecule has 2 N–H and O–H groups in total. The van der Waals surface area contributed by atoms with Gasteiger partial charge in [-0.25, -0.2) is 9.48 Å². The highest BCUT2D eigenvalue weighted by molar-refractivity contribution is 5.87. The molecule has 5 heteroatoms. The Balaban J connectivity index is 2.40. The molecule has 0 unspecified atom stereocenters. The molecule has 0 aliphatic rings. The molecule has 1 aromatic heterocycles. The Morgan fingerprint density at radius 3 is 2.76 bits per heavy atom. The molecule has 5 nitrogen and oxygen atoms in total. The lowest BCUT2D eigenvalue weighted by atomic mass is 10.0. The Bertz CT molecular complexity index is 632. The third-order valence-electron chi connectivity index (χ3n) is 3.40. The van der Waals surface area contributed by atoms with Gasteiger partial charge in [0.25, 0.3) is 0 Å². The number of rotatable bonds is 6. The first-order valence-corrected chi connectivity index (χ1v) is 7.06. The number of carboxylic acids is 1.